The second-order valence-corrected chi connectivity index (χ2v) is 20.5. The molecule has 71 heavy (non-hydrogen) atoms. The van der Waals surface area contributed by atoms with Crippen LogP contribution in [0.2, 0.25) is 0 Å². The number of phenolic OH excluding ortho intramolecular Hbond substituents is 1. The van der Waals surface area contributed by atoms with Gasteiger partial charge in [-0.2, -0.15) is 0 Å². The second-order valence-electron chi connectivity index (χ2n) is 14.8. The van der Waals surface area contributed by atoms with Crippen molar-refractivity contribution in [2.75, 3.05) is 75.0 Å². The van der Waals surface area contributed by atoms with Crippen LogP contribution in [0, 0.1) is 27.7 Å². The summed E-state index contributed by atoms with van der Waals surface area (Å²) in [5.41, 5.74) is 4.33. The molecule has 0 aromatic heterocycles. The molecular weight excluding hydrogens is 1420 g/mol. The molecule has 0 unspecified atom stereocenters. The van der Waals surface area contributed by atoms with E-state index >= 15 is 0 Å². The van der Waals surface area contributed by atoms with Crippen molar-refractivity contribution >= 4 is 138 Å². The van der Waals surface area contributed by atoms with Crippen molar-refractivity contribution in [3.8, 4) is 23.0 Å². The number of aromatic hydroxyl groups is 1. The summed E-state index contributed by atoms with van der Waals surface area (Å²) in [5.74, 6) is 4.60. The van der Waals surface area contributed by atoms with Gasteiger partial charge in [0.1, 0.15) is 23.0 Å². The van der Waals surface area contributed by atoms with Crippen LogP contribution in [0.4, 0.5) is 0 Å². The molecular formula is C49H69Br6Cl3K2N2O9. The predicted molar refractivity (Wildman–Crippen MR) is 307 cm³/mol. The summed E-state index contributed by atoms with van der Waals surface area (Å²) < 4.78 is 21.1. The minimum atomic E-state index is -0.181. The summed E-state index contributed by atoms with van der Waals surface area (Å²) in [5, 5.41) is 40.6. The van der Waals surface area contributed by atoms with Crippen molar-refractivity contribution in [2.24, 2.45) is 0 Å². The van der Waals surface area contributed by atoms with E-state index in [1.807, 2.05) is 81.4 Å². The Bertz CT molecular complexity index is 1850. The molecule has 11 nitrogen and oxygen atoms in total. The van der Waals surface area contributed by atoms with Gasteiger partial charge in [0.05, 0.1) is 32.0 Å². The normalized spacial score (nSPS) is 13.8. The Hall–Kier alpha value is 2.37. The van der Waals surface area contributed by atoms with Crippen LogP contribution >= 0.6 is 131 Å². The molecule has 2 heterocycles. The molecule has 2 fully saturated rings. The molecule has 4 aromatic rings. The number of aliphatic hydroxyl groups is 2. The molecule has 4 N–H and O–H groups in total. The van der Waals surface area contributed by atoms with Crippen LogP contribution in [0.15, 0.2) is 90.7 Å². The second kappa shape index (κ2) is 53.0. The largest absolute Gasteiger partial charge is 1.00 e. The number of carbonyl (C=O) groups excluding carboxylic acids is 1. The van der Waals surface area contributed by atoms with Gasteiger partial charge in [0.15, 0.2) is 0 Å². The van der Waals surface area contributed by atoms with E-state index in [4.69, 9.17) is 57.7 Å². The van der Waals surface area contributed by atoms with Gasteiger partial charge in [-0.1, -0.05) is 120 Å². The fourth-order valence-corrected chi connectivity index (χ4v) is 7.95. The third-order valence-electron chi connectivity index (χ3n) is 9.43. The van der Waals surface area contributed by atoms with Crippen LogP contribution in [0.1, 0.15) is 62.2 Å². The van der Waals surface area contributed by atoms with Gasteiger partial charge < -0.3 is 51.3 Å². The number of benzene rings is 4. The number of alkyl halides is 4. The first-order chi connectivity index (χ1) is 32.6. The fourth-order valence-electron chi connectivity index (χ4n) is 5.48. The van der Waals surface area contributed by atoms with Crippen LogP contribution in [0.5, 0.6) is 23.0 Å². The summed E-state index contributed by atoms with van der Waals surface area (Å²) in [7, 11) is 0. The molecule has 0 radical (unpaired) electrons. The van der Waals surface area contributed by atoms with Gasteiger partial charge in [-0.3, -0.25) is 4.79 Å². The monoisotopic (exact) mass is 1490 g/mol. The number of hydrogen-bond acceptors (Lipinski definition) is 11. The Balaban J connectivity index is -0.000000252. The SMILES string of the molecule is Cc1c(Br)cccc1OCCCBr.Cc1c(Br)cccc1OCCCCl.Cc1c(Br)cccc1OCCCN1CC[C@@H](O)C1.Cc1c(O)cccc1Br.Cl.ClCCCBr.O=CO[O-].O[C@@H]1CCNC1.[H-].[K+].[K+]. The minimum Gasteiger partial charge on any atom is -1.00 e. The van der Waals surface area contributed by atoms with E-state index in [2.05, 4.69) is 118 Å². The van der Waals surface area contributed by atoms with Gasteiger partial charge in [-0.25, -0.2) is 0 Å². The van der Waals surface area contributed by atoms with E-state index in [-0.39, 0.29) is 135 Å². The molecule has 0 saturated carbocycles. The topological polar surface area (TPSA) is 153 Å². The number of β-amino-alcohol motifs (C(OH)–C–C–N with tert-alkyl or cyclic N) is 2. The number of likely N-dealkylation sites (tertiary alicyclic amines) is 1. The number of nitrogens with one attached hydrogen (secondary N) is 1. The number of phenols is 1. The smallest absolute Gasteiger partial charge is 1.00 e. The molecule has 0 amide bonds. The number of aliphatic hydroxyl groups excluding tert-OH is 2. The molecule has 2 aliphatic rings. The van der Waals surface area contributed by atoms with Crippen LogP contribution in [-0.4, -0.2) is 114 Å². The zero-order valence-electron chi connectivity index (χ0n) is 42.6. The zero-order chi connectivity index (χ0) is 51.1. The third-order valence-corrected chi connectivity index (χ3v) is 14.5. The maximum atomic E-state index is 9.42. The quantitative estimate of drug-likeness (QED) is 0.0228. The van der Waals surface area contributed by atoms with Crippen molar-refractivity contribution in [1.29, 1.82) is 0 Å². The third kappa shape index (κ3) is 40.2. The van der Waals surface area contributed by atoms with Gasteiger partial charge in [0, 0.05) is 88.7 Å². The Morgan fingerprint density at radius 2 is 1.08 bits per heavy atom. The van der Waals surface area contributed by atoms with Crippen molar-refractivity contribution in [1.82, 2.24) is 10.2 Å². The van der Waals surface area contributed by atoms with Crippen LogP contribution in [0.25, 0.3) is 0 Å². The number of halogens is 9. The zero-order valence-corrected chi connectivity index (χ0v) is 59.6. The Kier molecular flexibility index (Phi) is 59.7. The molecule has 6 rings (SSSR count). The summed E-state index contributed by atoms with van der Waals surface area (Å²) in [4.78, 5) is 13.5. The molecule has 394 valence electrons. The summed E-state index contributed by atoms with van der Waals surface area (Å²) in [6, 6.07) is 23.3. The molecule has 0 bridgehead atoms. The van der Waals surface area contributed by atoms with Gasteiger partial charge >= 0.3 is 103 Å². The first kappa shape index (κ1) is 79.9. The number of hydrogen-bond donors (Lipinski definition) is 4. The molecule has 22 heteroatoms. The summed E-state index contributed by atoms with van der Waals surface area (Å²) >= 11 is 31.1. The van der Waals surface area contributed by atoms with Crippen LogP contribution < -0.4 is 128 Å². The number of rotatable bonds is 16. The molecule has 0 aliphatic carbocycles. The molecule has 4 aromatic carbocycles. The van der Waals surface area contributed by atoms with Crippen molar-refractivity contribution < 1.29 is 149 Å². The molecule has 2 atom stereocenters. The van der Waals surface area contributed by atoms with E-state index in [1.54, 1.807) is 12.1 Å². The predicted octanol–water partition coefficient (Wildman–Crippen LogP) is 7.07. The van der Waals surface area contributed by atoms with Crippen LogP contribution in [-0.2, 0) is 9.68 Å². The van der Waals surface area contributed by atoms with E-state index in [1.165, 1.54) is 0 Å². The Morgan fingerprint density at radius 3 is 1.38 bits per heavy atom. The van der Waals surface area contributed by atoms with Gasteiger partial charge in [-0.15, -0.1) is 35.6 Å². The average molecular weight is 1490 g/mol. The average Bonchev–Trinajstić information content (AvgIpc) is 4.00. The molecule has 2 aliphatic heterocycles. The Labute approximate surface area is 576 Å². The van der Waals surface area contributed by atoms with E-state index < -0.39 is 0 Å². The van der Waals surface area contributed by atoms with E-state index in [9.17, 15) is 5.11 Å². The standard InChI is InChI=1S/C14H20BrNO2.C10H12Br2O.C10H12BrClO.C7H7BrO.C4H9NO.C3H6BrCl.CH2O3.ClH.2K.H/c1-11-13(15)4-2-5-14(11)18-9-3-7-16-8-6-12(17)10-16;1-8-9(12)4-2-5-10(8)13-7-3-6-11;1-8-9(11)4-2-5-10(8)13-7-3-6-12;1-5-6(8)3-2-4-7(5)9;6-4-1-2-5-3-4;4-2-1-3-5;2-1-4-3;;;;/h2,4-5,12,17H,3,6-10H2,1H3;2*2,4-5H,3,6-7H2,1H3;2-4,9H,1H3;4-6H,1-3H2;1-3H2;1,3H;1H;;;/q;;;;;;;;2*+1;-1/p-1/t12-;;;;4-;;;;;;/m1...1....../s1. The number of carbonyl (C=O) groups is 1. The van der Waals surface area contributed by atoms with Crippen LogP contribution in [0.3, 0.4) is 0 Å². The first-order valence-electron chi connectivity index (χ1n) is 21.9. The van der Waals surface area contributed by atoms with Crippen molar-refractivity contribution in [2.45, 2.75) is 78.4 Å². The minimum absolute atomic E-state index is 0. The summed E-state index contributed by atoms with van der Waals surface area (Å²) in [6.07, 6.45) is 5.63. The van der Waals surface area contributed by atoms with Crippen molar-refractivity contribution in [3.63, 3.8) is 0 Å². The number of nitrogens with zero attached hydrogens (tertiary/aromatic N) is 1. The van der Waals surface area contributed by atoms with Gasteiger partial charge in [0.25, 0.3) is 6.47 Å². The molecule has 0 spiro atoms. The van der Waals surface area contributed by atoms with Gasteiger partial charge in [0.2, 0.25) is 0 Å². The maximum absolute atomic E-state index is 9.42. The Morgan fingerprint density at radius 1 is 0.676 bits per heavy atom. The fraction of sp³-hybridized carbons (Fsp3) is 0.490. The first-order valence-corrected chi connectivity index (χ1v) is 28.4. The summed E-state index contributed by atoms with van der Waals surface area (Å²) in [6.45, 7) is 14.6. The van der Waals surface area contributed by atoms with E-state index in [0.29, 0.717) is 18.2 Å². The van der Waals surface area contributed by atoms with Gasteiger partial charge in [-0.05, 0) is 121 Å². The number of ether oxygens (including phenoxy) is 3. The van der Waals surface area contributed by atoms with Crippen molar-refractivity contribution in [3.05, 3.63) is 113 Å². The van der Waals surface area contributed by atoms with E-state index in [0.717, 1.165) is 158 Å². The molecule has 2 saturated heterocycles. The maximum Gasteiger partial charge on any atom is 1.00 e.